The van der Waals surface area contributed by atoms with Crippen molar-refractivity contribution in [3.05, 3.63) is 12.7 Å². The molecule has 0 saturated heterocycles. The summed E-state index contributed by atoms with van der Waals surface area (Å²) in [7, 11) is 0. The van der Waals surface area contributed by atoms with Crippen LogP contribution in [-0.2, 0) is 0 Å². The minimum atomic E-state index is 0.747. The summed E-state index contributed by atoms with van der Waals surface area (Å²) in [4.78, 5) is 0. The van der Waals surface area contributed by atoms with Gasteiger partial charge in [0.1, 0.15) is 0 Å². The van der Waals surface area contributed by atoms with Gasteiger partial charge >= 0.3 is 0 Å². The van der Waals surface area contributed by atoms with E-state index in [-0.39, 0.29) is 0 Å². The lowest BCUT2D eigenvalue weighted by Gasteiger charge is -2.17. The van der Waals surface area contributed by atoms with Gasteiger partial charge in [0.15, 0.2) is 0 Å². The highest BCUT2D eigenvalue weighted by Crippen LogP contribution is 2.10. The molecule has 0 bridgehead atoms. The van der Waals surface area contributed by atoms with E-state index in [1.165, 1.54) is 51.5 Å². The summed E-state index contributed by atoms with van der Waals surface area (Å²) in [5.74, 6) is 0. The highest BCUT2D eigenvalue weighted by molar-refractivity contribution is 4.71. The van der Waals surface area contributed by atoms with Crippen LogP contribution in [0.5, 0.6) is 0 Å². The molecule has 90 valence electrons. The molecule has 1 heteroatoms. The maximum atomic E-state index is 3.77. The molecule has 0 aromatic carbocycles. The molecule has 0 aliphatic heterocycles. The zero-order valence-corrected chi connectivity index (χ0v) is 10.7. The first kappa shape index (κ1) is 14.7. The van der Waals surface area contributed by atoms with E-state index in [0.717, 1.165) is 12.5 Å². The molecular formula is C14H29N. The second-order valence-corrected chi connectivity index (χ2v) is 4.37. The largest absolute Gasteiger partial charge is 0.314 e. The minimum Gasteiger partial charge on any atom is -0.314 e. The highest BCUT2D eigenvalue weighted by Gasteiger charge is 2.05. The molecule has 0 rings (SSSR count). The number of rotatable bonds is 11. The molecule has 1 N–H and O–H groups in total. The minimum absolute atomic E-state index is 0.747. The van der Waals surface area contributed by atoms with Gasteiger partial charge in [-0.2, -0.15) is 0 Å². The van der Waals surface area contributed by atoms with Crippen molar-refractivity contribution >= 4 is 0 Å². The third-order valence-corrected chi connectivity index (χ3v) is 2.80. The van der Waals surface area contributed by atoms with Crippen molar-refractivity contribution in [3.63, 3.8) is 0 Å². The molecule has 1 atom stereocenters. The van der Waals surface area contributed by atoms with Gasteiger partial charge in [0.2, 0.25) is 0 Å². The predicted octanol–water partition coefficient (Wildman–Crippen LogP) is 4.29. The van der Waals surface area contributed by atoms with Gasteiger partial charge in [-0.25, -0.2) is 0 Å². The van der Waals surface area contributed by atoms with Gasteiger partial charge in [-0.05, 0) is 38.6 Å². The molecule has 0 amide bonds. The average molecular weight is 211 g/mol. The summed E-state index contributed by atoms with van der Waals surface area (Å²) in [6, 6.07) is 0.747. The van der Waals surface area contributed by atoms with Crippen molar-refractivity contribution in [1.29, 1.82) is 0 Å². The molecule has 1 nitrogen and oxygen atoms in total. The van der Waals surface area contributed by atoms with E-state index in [4.69, 9.17) is 0 Å². The Labute approximate surface area is 96.3 Å². The maximum absolute atomic E-state index is 3.77. The molecule has 0 radical (unpaired) electrons. The second kappa shape index (κ2) is 11.8. The van der Waals surface area contributed by atoms with Crippen molar-refractivity contribution in [1.82, 2.24) is 5.32 Å². The third-order valence-electron chi connectivity index (χ3n) is 2.80. The number of allylic oxidation sites excluding steroid dienone is 1. The van der Waals surface area contributed by atoms with Crippen LogP contribution in [0.2, 0.25) is 0 Å². The van der Waals surface area contributed by atoms with Crippen molar-refractivity contribution in [2.24, 2.45) is 0 Å². The van der Waals surface area contributed by atoms with E-state index < -0.39 is 0 Å². The van der Waals surface area contributed by atoms with E-state index in [1.807, 2.05) is 6.08 Å². The van der Waals surface area contributed by atoms with Crippen molar-refractivity contribution < 1.29 is 0 Å². The Morgan fingerprint density at radius 2 is 1.80 bits per heavy atom. The topological polar surface area (TPSA) is 12.0 Å². The van der Waals surface area contributed by atoms with Gasteiger partial charge in [0.25, 0.3) is 0 Å². The van der Waals surface area contributed by atoms with E-state index >= 15 is 0 Å². The molecule has 0 fully saturated rings. The zero-order chi connectivity index (χ0) is 11.4. The maximum Gasteiger partial charge on any atom is 0.00671 e. The van der Waals surface area contributed by atoms with Crippen molar-refractivity contribution in [2.75, 3.05) is 6.54 Å². The third kappa shape index (κ3) is 9.99. The van der Waals surface area contributed by atoms with Crippen molar-refractivity contribution in [2.45, 2.75) is 71.3 Å². The van der Waals surface area contributed by atoms with Crippen LogP contribution in [0.25, 0.3) is 0 Å². The first-order valence-electron chi connectivity index (χ1n) is 6.69. The fraction of sp³-hybridized carbons (Fsp3) is 0.857. The van der Waals surface area contributed by atoms with Crippen LogP contribution in [0, 0.1) is 0 Å². The summed E-state index contributed by atoms with van der Waals surface area (Å²) < 4.78 is 0. The Morgan fingerprint density at radius 3 is 2.40 bits per heavy atom. The summed E-state index contributed by atoms with van der Waals surface area (Å²) in [5.41, 5.74) is 0. The predicted molar refractivity (Wildman–Crippen MR) is 70.3 cm³/mol. The Kier molecular flexibility index (Phi) is 11.5. The molecule has 0 aliphatic carbocycles. The molecule has 1 unspecified atom stereocenters. The van der Waals surface area contributed by atoms with Gasteiger partial charge in [0, 0.05) is 6.04 Å². The van der Waals surface area contributed by atoms with E-state index in [2.05, 4.69) is 25.7 Å². The lowest BCUT2D eigenvalue weighted by atomic mass is 10.0. The molecule has 0 aliphatic rings. The average Bonchev–Trinajstić information content (AvgIpc) is 2.25. The van der Waals surface area contributed by atoms with Crippen molar-refractivity contribution in [3.8, 4) is 0 Å². The summed E-state index contributed by atoms with van der Waals surface area (Å²) in [6.45, 7) is 9.45. The molecule has 0 saturated carbocycles. The van der Waals surface area contributed by atoms with Crippen LogP contribution in [0.1, 0.15) is 65.2 Å². The fourth-order valence-electron chi connectivity index (χ4n) is 1.85. The molecule has 0 aromatic rings. The van der Waals surface area contributed by atoms with Gasteiger partial charge < -0.3 is 5.32 Å². The molecule has 0 aromatic heterocycles. The number of nitrogens with one attached hydrogen (secondary N) is 1. The molecule has 15 heavy (non-hydrogen) atoms. The second-order valence-electron chi connectivity index (χ2n) is 4.37. The first-order chi connectivity index (χ1) is 7.35. The monoisotopic (exact) mass is 211 g/mol. The quantitative estimate of drug-likeness (QED) is 0.397. The SMILES string of the molecule is C=CCCCC(CCCCC)NCCC. The van der Waals surface area contributed by atoms with Gasteiger partial charge in [-0.15, -0.1) is 6.58 Å². The Morgan fingerprint density at radius 1 is 1.07 bits per heavy atom. The highest BCUT2D eigenvalue weighted by atomic mass is 14.9. The zero-order valence-electron chi connectivity index (χ0n) is 10.7. The Hall–Kier alpha value is -0.300. The smallest absolute Gasteiger partial charge is 0.00671 e. The van der Waals surface area contributed by atoms with Gasteiger partial charge in [0.05, 0.1) is 0 Å². The van der Waals surface area contributed by atoms with Crippen LogP contribution in [0.15, 0.2) is 12.7 Å². The van der Waals surface area contributed by atoms with Crippen LogP contribution < -0.4 is 5.32 Å². The number of hydrogen-bond donors (Lipinski definition) is 1. The summed E-state index contributed by atoms with van der Waals surface area (Å²) in [6.07, 6.45) is 12.5. The summed E-state index contributed by atoms with van der Waals surface area (Å²) >= 11 is 0. The molecule has 0 spiro atoms. The van der Waals surface area contributed by atoms with Crippen LogP contribution >= 0.6 is 0 Å². The normalized spacial score (nSPS) is 12.7. The van der Waals surface area contributed by atoms with E-state index in [0.29, 0.717) is 0 Å². The fourth-order valence-corrected chi connectivity index (χ4v) is 1.85. The number of hydrogen-bond acceptors (Lipinski definition) is 1. The lowest BCUT2D eigenvalue weighted by Crippen LogP contribution is -2.29. The Bertz CT molecular complexity index is 131. The molecular weight excluding hydrogens is 182 g/mol. The van der Waals surface area contributed by atoms with Crippen LogP contribution in [-0.4, -0.2) is 12.6 Å². The van der Waals surface area contributed by atoms with Crippen LogP contribution in [0.3, 0.4) is 0 Å². The van der Waals surface area contributed by atoms with Gasteiger partial charge in [-0.3, -0.25) is 0 Å². The van der Waals surface area contributed by atoms with E-state index in [1.54, 1.807) is 0 Å². The lowest BCUT2D eigenvalue weighted by molar-refractivity contribution is 0.426. The van der Waals surface area contributed by atoms with E-state index in [9.17, 15) is 0 Å². The summed E-state index contributed by atoms with van der Waals surface area (Å²) in [5, 5.41) is 3.65. The standard InChI is InChI=1S/C14H29N/c1-4-7-9-11-14(15-13-6-3)12-10-8-5-2/h4,14-15H,1,5-13H2,2-3H3. The van der Waals surface area contributed by atoms with Gasteiger partial charge in [-0.1, -0.05) is 39.2 Å². The van der Waals surface area contributed by atoms with Crippen LogP contribution in [0.4, 0.5) is 0 Å². The molecule has 0 heterocycles. The first-order valence-corrected chi connectivity index (χ1v) is 6.69. The Balaban J connectivity index is 3.57. The number of unbranched alkanes of at least 4 members (excludes halogenated alkanes) is 3.